The fourth-order valence-corrected chi connectivity index (χ4v) is 3.27. The number of carbonyl (C=O) groups is 1. The summed E-state index contributed by atoms with van der Waals surface area (Å²) >= 11 is 11.7. The van der Waals surface area contributed by atoms with Gasteiger partial charge in [0.15, 0.2) is 0 Å². The molecule has 1 rings (SSSR count). The molecule has 118 valence electrons. The van der Waals surface area contributed by atoms with Crippen LogP contribution in [0.15, 0.2) is 0 Å². The van der Waals surface area contributed by atoms with E-state index in [1.807, 2.05) is 6.92 Å². The zero-order chi connectivity index (χ0) is 15.4. The summed E-state index contributed by atoms with van der Waals surface area (Å²) in [4.78, 5) is 12.2. The molecule has 1 fully saturated rings. The summed E-state index contributed by atoms with van der Waals surface area (Å²) < 4.78 is 38.2. The quantitative estimate of drug-likeness (QED) is 0.754. The van der Waals surface area contributed by atoms with Gasteiger partial charge in [-0.1, -0.05) is 13.3 Å². The first-order valence-electron chi connectivity index (χ1n) is 6.78. The van der Waals surface area contributed by atoms with Gasteiger partial charge in [-0.05, 0) is 25.7 Å². The summed E-state index contributed by atoms with van der Waals surface area (Å²) in [6, 6.07) is 0. The van der Waals surface area contributed by atoms with E-state index in [9.17, 15) is 18.0 Å². The highest BCUT2D eigenvalue weighted by molar-refractivity contribution is 6.22. The smallest absolute Gasteiger partial charge is 0.348 e. The molecule has 0 aromatic carbocycles. The van der Waals surface area contributed by atoms with E-state index in [4.69, 9.17) is 23.2 Å². The minimum absolute atomic E-state index is 0.108. The highest BCUT2D eigenvalue weighted by Crippen LogP contribution is 2.40. The van der Waals surface area contributed by atoms with E-state index in [2.05, 4.69) is 5.32 Å². The molecule has 7 heteroatoms. The van der Waals surface area contributed by atoms with Crippen LogP contribution in [0, 0.1) is 11.8 Å². The van der Waals surface area contributed by atoms with E-state index < -0.39 is 23.6 Å². The first kappa shape index (κ1) is 17.9. The van der Waals surface area contributed by atoms with Gasteiger partial charge in [-0.2, -0.15) is 13.2 Å². The van der Waals surface area contributed by atoms with Crippen LogP contribution in [-0.2, 0) is 4.79 Å². The van der Waals surface area contributed by atoms with Gasteiger partial charge in [-0.15, -0.1) is 23.2 Å². The summed E-state index contributed by atoms with van der Waals surface area (Å²) in [6.45, 7) is 1.84. The number of hydrogen-bond acceptors (Lipinski definition) is 1. The van der Waals surface area contributed by atoms with Crippen molar-refractivity contribution >= 4 is 29.1 Å². The Hall–Kier alpha value is -0.160. The molecule has 2 nitrogen and oxygen atoms in total. The maximum Gasteiger partial charge on any atom is 0.391 e. The Morgan fingerprint density at radius 1 is 1.25 bits per heavy atom. The molecule has 0 spiro atoms. The molecule has 0 saturated heterocycles. The fraction of sp³-hybridized carbons (Fsp3) is 0.923. The van der Waals surface area contributed by atoms with E-state index in [-0.39, 0.29) is 30.5 Å². The monoisotopic (exact) mass is 333 g/mol. The van der Waals surface area contributed by atoms with Gasteiger partial charge >= 0.3 is 6.18 Å². The first-order valence-corrected chi connectivity index (χ1v) is 7.85. The summed E-state index contributed by atoms with van der Waals surface area (Å²) in [5, 5.41) is 2.75. The second-order valence-corrected chi connectivity index (χ2v) is 6.03. The molecule has 0 aromatic heterocycles. The molecule has 1 aliphatic carbocycles. The third kappa shape index (κ3) is 4.42. The minimum atomic E-state index is -4.22. The molecule has 0 radical (unpaired) electrons. The highest BCUT2D eigenvalue weighted by Gasteiger charge is 2.44. The van der Waals surface area contributed by atoms with Gasteiger partial charge in [-0.3, -0.25) is 4.79 Å². The molecule has 1 amide bonds. The van der Waals surface area contributed by atoms with Crippen LogP contribution in [0.1, 0.15) is 39.0 Å². The maximum absolute atomic E-state index is 12.7. The van der Waals surface area contributed by atoms with Gasteiger partial charge in [0.1, 0.15) is 0 Å². The number of alkyl halides is 5. The van der Waals surface area contributed by atoms with E-state index >= 15 is 0 Å². The van der Waals surface area contributed by atoms with Crippen molar-refractivity contribution in [3.8, 4) is 0 Å². The number of halogens is 5. The van der Waals surface area contributed by atoms with Gasteiger partial charge in [0.2, 0.25) is 5.91 Å². The zero-order valence-corrected chi connectivity index (χ0v) is 12.9. The normalized spacial score (nSPS) is 24.5. The molecule has 1 aliphatic rings. The lowest BCUT2D eigenvalue weighted by molar-refractivity contribution is -0.186. The Morgan fingerprint density at radius 2 is 1.85 bits per heavy atom. The van der Waals surface area contributed by atoms with Crippen LogP contribution >= 0.6 is 23.2 Å². The third-order valence-electron chi connectivity index (χ3n) is 4.08. The number of carbonyl (C=O) groups excluding carboxylic acids is 1. The lowest BCUT2D eigenvalue weighted by Crippen LogP contribution is -2.53. The molecular formula is C13H20Cl2F3NO. The first-order chi connectivity index (χ1) is 9.28. The van der Waals surface area contributed by atoms with Crippen molar-refractivity contribution in [1.82, 2.24) is 5.32 Å². The Morgan fingerprint density at radius 3 is 2.30 bits per heavy atom. The summed E-state index contributed by atoms with van der Waals surface area (Å²) in [7, 11) is 0. The zero-order valence-electron chi connectivity index (χ0n) is 11.4. The SMILES string of the molecule is CCC(CCl)(CCl)NC(=O)C1CCCC(C(F)(F)F)C1. The summed E-state index contributed by atoms with van der Waals surface area (Å²) in [5.74, 6) is -2.05. The van der Waals surface area contributed by atoms with E-state index in [1.165, 1.54) is 0 Å². The fourth-order valence-electron chi connectivity index (χ4n) is 2.47. The molecule has 0 aromatic rings. The predicted octanol–water partition coefficient (Wildman–Crippen LogP) is 4.10. The van der Waals surface area contributed by atoms with Crippen molar-refractivity contribution in [3.63, 3.8) is 0 Å². The van der Waals surface area contributed by atoms with Crippen LogP contribution in [0.25, 0.3) is 0 Å². The lowest BCUT2D eigenvalue weighted by Gasteiger charge is -2.34. The summed E-state index contributed by atoms with van der Waals surface area (Å²) in [6.07, 6.45) is -2.80. The molecule has 20 heavy (non-hydrogen) atoms. The van der Waals surface area contributed by atoms with Crippen LogP contribution in [-0.4, -0.2) is 29.4 Å². The van der Waals surface area contributed by atoms with Gasteiger partial charge in [0, 0.05) is 17.7 Å². The van der Waals surface area contributed by atoms with Crippen LogP contribution in [0.2, 0.25) is 0 Å². The number of nitrogens with one attached hydrogen (secondary N) is 1. The van der Waals surface area contributed by atoms with Crippen LogP contribution in [0.3, 0.4) is 0 Å². The Labute approximate surface area is 127 Å². The maximum atomic E-state index is 12.7. The molecule has 0 aliphatic heterocycles. The highest BCUT2D eigenvalue weighted by atomic mass is 35.5. The van der Waals surface area contributed by atoms with Crippen molar-refractivity contribution in [2.45, 2.75) is 50.7 Å². The molecule has 2 unspecified atom stereocenters. The standard InChI is InChI=1S/C13H20Cl2F3NO/c1-2-12(7-14,8-15)19-11(20)9-4-3-5-10(6-9)13(16,17)18/h9-10H,2-8H2,1H3,(H,19,20). The largest absolute Gasteiger partial charge is 0.391 e. The second kappa shape index (κ2) is 7.21. The van der Waals surface area contributed by atoms with Gasteiger partial charge < -0.3 is 5.32 Å². The predicted molar refractivity (Wildman–Crippen MR) is 74.1 cm³/mol. The lowest BCUT2D eigenvalue weighted by atomic mass is 9.80. The average Bonchev–Trinajstić information content (AvgIpc) is 2.44. The Kier molecular flexibility index (Phi) is 6.45. The molecule has 1 N–H and O–H groups in total. The van der Waals surface area contributed by atoms with Crippen LogP contribution in [0.5, 0.6) is 0 Å². The molecule has 0 bridgehead atoms. The van der Waals surface area contributed by atoms with Gasteiger partial charge in [0.05, 0.1) is 11.5 Å². The Bertz CT molecular complexity index is 324. The number of hydrogen-bond donors (Lipinski definition) is 1. The molecule has 1 saturated carbocycles. The third-order valence-corrected chi connectivity index (χ3v) is 5.11. The second-order valence-electron chi connectivity index (χ2n) is 5.49. The van der Waals surface area contributed by atoms with Crippen molar-refractivity contribution in [2.75, 3.05) is 11.8 Å². The topological polar surface area (TPSA) is 29.1 Å². The molecule has 2 atom stereocenters. The van der Waals surface area contributed by atoms with Crippen molar-refractivity contribution in [2.24, 2.45) is 11.8 Å². The van der Waals surface area contributed by atoms with E-state index in [1.54, 1.807) is 0 Å². The van der Waals surface area contributed by atoms with E-state index in [0.29, 0.717) is 19.3 Å². The van der Waals surface area contributed by atoms with Gasteiger partial charge in [-0.25, -0.2) is 0 Å². The van der Waals surface area contributed by atoms with Crippen LogP contribution < -0.4 is 5.32 Å². The van der Waals surface area contributed by atoms with Gasteiger partial charge in [0.25, 0.3) is 0 Å². The summed E-state index contributed by atoms with van der Waals surface area (Å²) in [5.41, 5.74) is -0.731. The average molecular weight is 334 g/mol. The Balaban J connectivity index is 2.68. The van der Waals surface area contributed by atoms with Crippen molar-refractivity contribution in [3.05, 3.63) is 0 Å². The molecular weight excluding hydrogens is 314 g/mol. The van der Waals surface area contributed by atoms with E-state index in [0.717, 1.165) is 0 Å². The number of rotatable bonds is 5. The number of amides is 1. The van der Waals surface area contributed by atoms with Crippen LogP contribution in [0.4, 0.5) is 13.2 Å². The van der Waals surface area contributed by atoms with Crippen molar-refractivity contribution in [1.29, 1.82) is 0 Å². The van der Waals surface area contributed by atoms with Crippen molar-refractivity contribution < 1.29 is 18.0 Å². The molecule has 0 heterocycles. The minimum Gasteiger partial charge on any atom is -0.348 e.